The molecule has 0 aliphatic carbocycles. The van der Waals surface area contributed by atoms with Crippen LogP contribution >= 0.6 is 12.4 Å². The van der Waals surface area contributed by atoms with Crippen molar-refractivity contribution in [2.75, 3.05) is 19.6 Å². The quantitative estimate of drug-likeness (QED) is 0.670. The molecule has 0 radical (unpaired) electrons. The summed E-state index contributed by atoms with van der Waals surface area (Å²) < 4.78 is 23.0. The van der Waals surface area contributed by atoms with Crippen LogP contribution in [0.5, 0.6) is 0 Å². The van der Waals surface area contributed by atoms with E-state index in [0.717, 1.165) is 12.8 Å². The summed E-state index contributed by atoms with van der Waals surface area (Å²) in [6, 6.07) is 0. The summed E-state index contributed by atoms with van der Waals surface area (Å²) in [5.74, 6) is 0.397. The van der Waals surface area contributed by atoms with E-state index in [9.17, 15) is 8.42 Å². The fourth-order valence-electron chi connectivity index (χ4n) is 1.50. The van der Waals surface area contributed by atoms with Gasteiger partial charge in [-0.15, -0.1) is 12.4 Å². The Balaban J connectivity index is 0.00000144. The van der Waals surface area contributed by atoms with Crippen LogP contribution in [0.2, 0.25) is 0 Å². The molecule has 7 heteroatoms. The van der Waals surface area contributed by atoms with Gasteiger partial charge in [0.25, 0.3) is 10.2 Å². The molecular weight excluding hydrogens is 214 g/mol. The molecule has 0 aromatic rings. The van der Waals surface area contributed by atoms with Crippen molar-refractivity contribution in [2.24, 2.45) is 16.8 Å². The van der Waals surface area contributed by atoms with Crippen LogP contribution in [0.3, 0.4) is 0 Å². The largest absolute Gasteiger partial charge is 0.330 e. The zero-order chi connectivity index (χ0) is 9.19. The molecule has 1 heterocycles. The van der Waals surface area contributed by atoms with Gasteiger partial charge in [-0.25, -0.2) is 5.14 Å². The average Bonchev–Trinajstić information content (AvgIpc) is 2.35. The molecule has 0 aromatic heterocycles. The predicted octanol–water partition coefficient (Wildman–Crippen LogP) is -0.718. The number of nitrogens with zero attached hydrogens (tertiary/aromatic N) is 1. The number of hydrogen-bond acceptors (Lipinski definition) is 3. The van der Waals surface area contributed by atoms with Crippen LogP contribution in [0.15, 0.2) is 0 Å². The van der Waals surface area contributed by atoms with E-state index in [1.165, 1.54) is 4.31 Å². The second kappa shape index (κ2) is 5.11. The zero-order valence-corrected chi connectivity index (χ0v) is 8.98. The molecule has 1 saturated heterocycles. The van der Waals surface area contributed by atoms with E-state index in [2.05, 4.69) is 0 Å². The number of rotatable bonds is 3. The SMILES string of the molecule is Cl.NCCC1CCN(S(N)(=O)=O)C1. The van der Waals surface area contributed by atoms with Gasteiger partial charge in [-0.1, -0.05) is 0 Å². The molecule has 1 aliphatic heterocycles. The summed E-state index contributed by atoms with van der Waals surface area (Å²) >= 11 is 0. The third-order valence-corrected chi connectivity index (χ3v) is 3.23. The lowest BCUT2D eigenvalue weighted by molar-refractivity contribution is 0.449. The molecule has 1 rings (SSSR count). The lowest BCUT2D eigenvalue weighted by atomic mass is 10.1. The molecule has 0 spiro atoms. The first-order valence-electron chi connectivity index (χ1n) is 4.02. The topological polar surface area (TPSA) is 89.4 Å². The van der Waals surface area contributed by atoms with Crippen molar-refractivity contribution in [1.29, 1.82) is 0 Å². The molecule has 0 aromatic carbocycles. The second-order valence-electron chi connectivity index (χ2n) is 3.14. The molecule has 80 valence electrons. The minimum atomic E-state index is -3.46. The van der Waals surface area contributed by atoms with Crippen LogP contribution in [0.25, 0.3) is 0 Å². The van der Waals surface area contributed by atoms with Crippen molar-refractivity contribution >= 4 is 22.6 Å². The van der Waals surface area contributed by atoms with E-state index in [0.29, 0.717) is 25.6 Å². The maximum Gasteiger partial charge on any atom is 0.276 e. The fraction of sp³-hybridized carbons (Fsp3) is 1.00. The third kappa shape index (κ3) is 3.78. The van der Waals surface area contributed by atoms with Gasteiger partial charge >= 0.3 is 0 Å². The van der Waals surface area contributed by atoms with Crippen molar-refractivity contribution in [3.8, 4) is 0 Å². The van der Waals surface area contributed by atoms with Gasteiger partial charge in [0.05, 0.1) is 0 Å². The molecule has 1 unspecified atom stereocenters. The van der Waals surface area contributed by atoms with Crippen LogP contribution in [0.1, 0.15) is 12.8 Å². The Labute approximate surface area is 85.0 Å². The van der Waals surface area contributed by atoms with Gasteiger partial charge in [0.15, 0.2) is 0 Å². The predicted molar refractivity (Wildman–Crippen MR) is 53.7 cm³/mol. The maximum atomic E-state index is 10.9. The summed E-state index contributed by atoms with van der Waals surface area (Å²) in [5, 5.41) is 4.97. The Morgan fingerprint density at radius 2 is 2.08 bits per heavy atom. The third-order valence-electron chi connectivity index (χ3n) is 2.18. The monoisotopic (exact) mass is 229 g/mol. The lowest BCUT2D eigenvalue weighted by Gasteiger charge is -2.11. The smallest absolute Gasteiger partial charge is 0.276 e. The molecule has 0 bridgehead atoms. The summed E-state index contributed by atoms with van der Waals surface area (Å²) in [5.41, 5.74) is 5.36. The van der Waals surface area contributed by atoms with Crippen molar-refractivity contribution in [3.63, 3.8) is 0 Å². The zero-order valence-electron chi connectivity index (χ0n) is 7.35. The molecule has 1 aliphatic rings. The standard InChI is InChI=1S/C6H15N3O2S.ClH/c7-3-1-6-2-4-9(5-6)12(8,10)11;/h6H,1-5,7H2,(H2,8,10,11);1H. The van der Waals surface area contributed by atoms with Gasteiger partial charge in [-0.2, -0.15) is 12.7 Å². The summed E-state index contributed by atoms with van der Waals surface area (Å²) in [7, 11) is -3.46. The number of nitrogens with two attached hydrogens (primary N) is 2. The van der Waals surface area contributed by atoms with Crippen molar-refractivity contribution < 1.29 is 8.42 Å². The van der Waals surface area contributed by atoms with Crippen LogP contribution in [-0.2, 0) is 10.2 Å². The Kier molecular flexibility index (Phi) is 5.16. The van der Waals surface area contributed by atoms with E-state index in [1.54, 1.807) is 0 Å². The Bertz CT molecular complexity index is 244. The van der Waals surface area contributed by atoms with Crippen LogP contribution in [0, 0.1) is 5.92 Å². The maximum absolute atomic E-state index is 10.9. The highest BCUT2D eigenvalue weighted by Crippen LogP contribution is 2.19. The van der Waals surface area contributed by atoms with Crippen molar-refractivity contribution in [3.05, 3.63) is 0 Å². The lowest BCUT2D eigenvalue weighted by Crippen LogP contribution is -2.34. The van der Waals surface area contributed by atoms with Crippen LogP contribution in [0.4, 0.5) is 0 Å². The van der Waals surface area contributed by atoms with E-state index in [-0.39, 0.29) is 12.4 Å². The molecule has 13 heavy (non-hydrogen) atoms. The van der Waals surface area contributed by atoms with Gasteiger partial charge in [0, 0.05) is 13.1 Å². The highest BCUT2D eigenvalue weighted by atomic mass is 35.5. The van der Waals surface area contributed by atoms with Gasteiger partial charge in [0.1, 0.15) is 0 Å². The highest BCUT2D eigenvalue weighted by molar-refractivity contribution is 7.86. The van der Waals surface area contributed by atoms with E-state index in [4.69, 9.17) is 10.9 Å². The highest BCUT2D eigenvalue weighted by Gasteiger charge is 2.28. The van der Waals surface area contributed by atoms with E-state index < -0.39 is 10.2 Å². The Morgan fingerprint density at radius 3 is 2.46 bits per heavy atom. The van der Waals surface area contributed by atoms with Crippen LogP contribution in [-0.4, -0.2) is 32.4 Å². The number of hydrogen-bond donors (Lipinski definition) is 2. The van der Waals surface area contributed by atoms with Gasteiger partial charge in [-0.05, 0) is 25.3 Å². The normalized spacial score (nSPS) is 24.3. The first-order valence-corrected chi connectivity index (χ1v) is 5.52. The summed E-state index contributed by atoms with van der Waals surface area (Å²) in [4.78, 5) is 0. The molecule has 1 atom stereocenters. The van der Waals surface area contributed by atoms with E-state index in [1.807, 2.05) is 0 Å². The first-order chi connectivity index (χ1) is 5.54. The summed E-state index contributed by atoms with van der Waals surface area (Å²) in [6.07, 6.45) is 1.76. The van der Waals surface area contributed by atoms with E-state index >= 15 is 0 Å². The average molecular weight is 230 g/mol. The first kappa shape index (κ1) is 13.1. The molecule has 5 nitrogen and oxygen atoms in total. The molecule has 1 fully saturated rings. The molecule has 0 amide bonds. The second-order valence-corrected chi connectivity index (χ2v) is 4.68. The Morgan fingerprint density at radius 1 is 1.46 bits per heavy atom. The minimum Gasteiger partial charge on any atom is -0.330 e. The Hall–Kier alpha value is 0.120. The minimum absolute atomic E-state index is 0. The molecular formula is C6H16ClN3O2S. The van der Waals surface area contributed by atoms with Crippen molar-refractivity contribution in [1.82, 2.24) is 4.31 Å². The van der Waals surface area contributed by atoms with Crippen LogP contribution < -0.4 is 10.9 Å². The van der Waals surface area contributed by atoms with Gasteiger partial charge in [-0.3, -0.25) is 0 Å². The fourth-order valence-corrected chi connectivity index (χ4v) is 2.28. The number of halogens is 1. The molecule has 0 saturated carbocycles. The van der Waals surface area contributed by atoms with Crippen molar-refractivity contribution in [2.45, 2.75) is 12.8 Å². The molecule has 4 N–H and O–H groups in total. The summed E-state index contributed by atoms with van der Waals surface area (Å²) in [6.45, 7) is 1.70. The van der Waals surface area contributed by atoms with Gasteiger partial charge < -0.3 is 5.73 Å². The van der Waals surface area contributed by atoms with Gasteiger partial charge in [0.2, 0.25) is 0 Å².